The normalized spacial score (nSPS) is 21.1. The molecule has 1 aliphatic heterocycles. The summed E-state index contributed by atoms with van der Waals surface area (Å²) in [5.41, 5.74) is 0. The van der Waals surface area contributed by atoms with Gasteiger partial charge in [-0.2, -0.15) is 0 Å². The molecule has 0 aliphatic carbocycles. The van der Waals surface area contributed by atoms with Crippen LogP contribution in [0, 0.1) is 6.92 Å². The number of sulfone groups is 1. The van der Waals surface area contributed by atoms with Crippen LogP contribution < -0.4 is 5.32 Å². The van der Waals surface area contributed by atoms with Crippen LogP contribution in [0.15, 0.2) is 12.1 Å². The fraction of sp³-hybridized carbons (Fsp3) is 0.636. The summed E-state index contributed by atoms with van der Waals surface area (Å²) in [6, 6.07) is 4.62. The van der Waals surface area contributed by atoms with E-state index < -0.39 is 9.84 Å². The molecule has 1 fully saturated rings. The maximum atomic E-state index is 11.2. The van der Waals surface area contributed by atoms with Gasteiger partial charge in [0.2, 0.25) is 0 Å². The first-order valence-electron chi connectivity index (χ1n) is 5.54. The summed E-state index contributed by atoms with van der Waals surface area (Å²) >= 11 is 1.80. The monoisotopic (exact) mass is 259 g/mol. The highest BCUT2D eigenvalue weighted by atomic mass is 32.2. The molecular formula is C11H17NO2S2. The standard InChI is InChI=1S/C11H17NO2S2/c1-9-2-3-11(15-9)8-12-10-4-6-16(13,14)7-5-10/h2-3,10,12H,4-8H2,1H3. The van der Waals surface area contributed by atoms with Crippen LogP contribution in [0.2, 0.25) is 0 Å². The first-order chi connectivity index (χ1) is 7.55. The predicted molar refractivity (Wildman–Crippen MR) is 67.6 cm³/mol. The molecule has 0 atom stereocenters. The van der Waals surface area contributed by atoms with Gasteiger partial charge < -0.3 is 5.32 Å². The lowest BCUT2D eigenvalue weighted by molar-refractivity contribution is 0.465. The van der Waals surface area contributed by atoms with E-state index in [2.05, 4.69) is 24.4 Å². The van der Waals surface area contributed by atoms with Crippen molar-refractivity contribution in [2.24, 2.45) is 0 Å². The molecule has 3 nitrogen and oxygen atoms in total. The SMILES string of the molecule is Cc1ccc(CNC2CCS(=O)(=O)CC2)s1. The Morgan fingerprint density at radius 2 is 2.06 bits per heavy atom. The molecule has 0 unspecified atom stereocenters. The van der Waals surface area contributed by atoms with Crippen LogP contribution in [0.4, 0.5) is 0 Å². The van der Waals surface area contributed by atoms with Crippen LogP contribution in [-0.4, -0.2) is 26.0 Å². The summed E-state index contributed by atoms with van der Waals surface area (Å²) in [4.78, 5) is 2.65. The average Bonchev–Trinajstić information content (AvgIpc) is 2.63. The summed E-state index contributed by atoms with van der Waals surface area (Å²) in [7, 11) is -2.73. The smallest absolute Gasteiger partial charge is 0.150 e. The Balaban J connectivity index is 1.80. The molecular weight excluding hydrogens is 242 g/mol. The first-order valence-corrected chi connectivity index (χ1v) is 8.18. The highest BCUT2D eigenvalue weighted by Crippen LogP contribution is 2.17. The summed E-state index contributed by atoms with van der Waals surface area (Å²) in [6.07, 6.45) is 1.51. The van der Waals surface area contributed by atoms with Crippen molar-refractivity contribution in [3.8, 4) is 0 Å². The van der Waals surface area contributed by atoms with Gasteiger partial charge in [0.05, 0.1) is 11.5 Å². The summed E-state index contributed by atoms with van der Waals surface area (Å²) in [5, 5.41) is 3.43. The third kappa shape index (κ3) is 3.30. The topological polar surface area (TPSA) is 46.2 Å². The van der Waals surface area contributed by atoms with Crippen LogP contribution in [0.25, 0.3) is 0 Å². The van der Waals surface area contributed by atoms with Crippen molar-refractivity contribution in [2.75, 3.05) is 11.5 Å². The Kier molecular flexibility index (Phi) is 3.66. The number of hydrogen-bond donors (Lipinski definition) is 1. The Morgan fingerprint density at radius 1 is 1.38 bits per heavy atom. The van der Waals surface area contributed by atoms with Crippen LogP contribution in [-0.2, 0) is 16.4 Å². The van der Waals surface area contributed by atoms with E-state index in [0.29, 0.717) is 17.5 Å². The summed E-state index contributed by atoms with van der Waals surface area (Å²) in [5.74, 6) is 0.683. The molecule has 0 saturated carbocycles. The van der Waals surface area contributed by atoms with Crippen molar-refractivity contribution >= 4 is 21.2 Å². The van der Waals surface area contributed by atoms with Crippen molar-refractivity contribution in [1.82, 2.24) is 5.32 Å². The van der Waals surface area contributed by atoms with Gasteiger partial charge in [-0.05, 0) is 31.9 Å². The molecule has 2 rings (SSSR count). The van der Waals surface area contributed by atoms with E-state index in [-0.39, 0.29) is 0 Å². The zero-order valence-electron chi connectivity index (χ0n) is 9.40. The van der Waals surface area contributed by atoms with Crippen molar-refractivity contribution in [3.63, 3.8) is 0 Å². The Bertz CT molecular complexity index is 436. The molecule has 0 amide bonds. The third-order valence-electron chi connectivity index (χ3n) is 2.92. The molecule has 1 N–H and O–H groups in total. The number of nitrogens with one attached hydrogen (secondary N) is 1. The number of hydrogen-bond acceptors (Lipinski definition) is 4. The molecule has 0 bridgehead atoms. The Hall–Kier alpha value is -0.390. The van der Waals surface area contributed by atoms with Crippen molar-refractivity contribution in [3.05, 3.63) is 21.9 Å². The minimum absolute atomic E-state index is 0.341. The van der Waals surface area contributed by atoms with Gasteiger partial charge in [0.15, 0.2) is 0 Å². The van der Waals surface area contributed by atoms with Gasteiger partial charge in [-0.15, -0.1) is 11.3 Å². The quantitative estimate of drug-likeness (QED) is 0.899. The van der Waals surface area contributed by atoms with E-state index in [1.165, 1.54) is 9.75 Å². The zero-order chi connectivity index (χ0) is 11.6. The lowest BCUT2D eigenvalue weighted by Gasteiger charge is -2.22. The van der Waals surface area contributed by atoms with E-state index in [4.69, 9.17) is 0 Å². The average molecular weight is 259 g/mol. The summed E-state index contributed by atoms with van der Waals surface area (Å²) in [6.45, 7) is 2.96. The number of rotatable bonds is 3. The minimum atomic E-state index is -2.73. The molecule has 1 aromatic rings. The zero-order valence-corrected chi connectivity index (χ0v) is 11.0. The van der Waals surface area contributed by atoms with E-state index in [1.54, 1.807) is 11.3 Å². The molecule has 0 aromatic carbocycles. The fourth-order valence-corrected chi connectivity index (χ4v) is 4.25. The van der Waals surface area contributed by atoms with Crippen molar-refractivity contribution < 1.29 is 8.42 Å². The number of thiophene rings is 1. The van der Waals surface area contributed by atoms with E-state index >= 15 is 0 Å². The van der Waals surface area contributed by atoms with Gasteiger partial charge in [0.25, 0.3) is 0 Å². The van der Waals surface area contributed by atoms with Crippen LogP contribution in [0.1, 0.15) is 22.6 Å². The summed E-state index contributed by atoms with van der Waals surface area (Å²) < 4.78 is 22.5. The maximum Gasteiger partial charge on any atom is 0.150 e. The van der Waals surface area contributed by atoms with Gasteiger partial charge in [0.1, 0.15) is 9.84 Å². The Morgan fingerprint density at radius 3 is 2.62 bits per heavy atom. The van der Waals surface area contributed by atoms with E-state index in [0.717, 1.165) is 19.4 Å². The lowest BCUT2D eigenvalue weighted by Crippen LogP contribution is -2.36. The Labute approximate surface area is 101 Å². The largest absolute Gasteiger partial charge is 0.309 e. The van der Waals surface area contributed by atoms with Crippen LogP contribution in [0.5, 0.6) is 0 Å². The highest BCUT2D eigenvalue weighted by Gasteiger charge is 2.22. The van der Waals surface area contributed by atoms with Crippen molar-refractivity contribution in [2.45, 2.75) is 32.4 Å². The number of aryl methyl sites for hydroxylation is 1. The second kappa shape index (κ2) is 4.85. The van der Waals surface area contributed by atoms with E-state index in [9.17, 15) is 8.42 Å². The second-order valence-corrected chi connectivity index (χ2v) is 8.00. The van der Waals surface area contributed by atoms with Crippen LogP contribution in [0.3, 0.4) is 0 Å². The molecule has 1 aliphatic rings. The minimum Gasteiger partial charge on any atom is -0.309 e. The van der Waals surface area contributed by atoms with Gasteiger partial charge in [-0.25, -0.2) is 8.42 Å². The molecule has 16 heavy (non-hydrogen) atoms. The predicted octanol–water partition coefficient (Wildman–Crippen LogP) is 1.72. The van der Waals surface area contributed by atoms with Crippen molar-refractivity contribution in [1.29, 1.82) is 0 Å². The molecule has 90 valence electrons. The second-order valence-electron chi connectivity index (χ2n) is 4.32. The fourth-order valence-electron chi connectivity index (χ4n) is 1.92. The van der Waals surface area contributed by atoms with Gasteiger partial charge >= 0.3 is 0 Å². The van der Waals surface area contributed by atoms with Gasteiger partial charge in [-0.1, -0.05) is 0 Å². The lowest BCUT2D eigenvalue weighted by atomic mass is 10.1. The highest BCUT2D eigenvalue weighted by molar-refractivity contribution is 7.91. The maximum absolute atomic E-state index is 11.2. The van der Waals surface area contributed by atoms with Crippen LogP contribution >= 0.6 is 11.3 Å². The molecule has 1 saturated heterocycles. The first kappa shape index (κ1) is 12.1. The van der Waals surface area contributed by atoms with Gasteiger partial charge in [-0.3, -0.25) is 0 Å². The molecule has 1 aromatic heterocycles. The van der Waals surface area contributed by atoms with Gasteiger partial charge in [0, 0.05) is 22.3 Å². The third-order valence-corrected chi connectivity index (χ3v) is 5.63. The van der Waals surface area contributed by atoms with E-state index in [1.807, 2.05) is 0 Å². The molecule has 0 radical (unpaired) electrons. The molecule has 0 spiro atoms. The molecule has 2 heterocycles. The molecule has 5 heteroatoms.